The molecule has 6 nitrogen and oxygen atoms in total. The summed E-state index contributed by atoms with van der Waals surface area (Å²) in [7, 11) is 0. The Kier molecular flexibility index (Phi) is 6.39. The molecule has 0 aromatic heterocycles. The van der Waals surface area contributed by atoms with Crippen molar-refractivity contribution in [3.63, 3.8) is 0 Å². The number of nitrogens with zero attached hydrogens (tertiary/aromatic N) is 1. The number of carbonyl (C=O) groups is 2. The van der Waals surface area contributed by atoms with Gasteiger partial charge >= 0.3 is 12.1 Å². The average Bonchev–Trinajstić information content (AvgIpc) is 2.95. The number of ether oxygens (including phenoxy) is 2. The Labute approximate surface area is 162 Å². The number of rotatable bonds is 4. The van der Waals surface area contributed by atoms with Gasteiger partial charge in [0.05, 0.1) is 0 Å². The standard InChI is InChI=1S/C21H32N2O4/c1-20(2,3)26-18(24)17-12-15(13-22-16-10-8-7-9-11-16)14-23(17)19(25)27-21(4,5)6/h7-11,15,17,22H,12-14H2,1-6H3/t15-,17+/m1/s1. The van der Waals surface area contributed by atoms with Gasteiger partial charge in [-0.3, -0.25) is 4.90 Å². The molecular formula is C21H32N2O4. The summed E-state index contributed by atoms with van der Waals surface area (Å²) >= 11 is 0. The number of nitrogens with one attached hydrogen (secondary N) is 1. The van der Waals surface area contributed by atoms with Crippen molar-refractivity contribution in [1.29, 1.82) is 0 Å². The van der Waals surface area contributed by atoms with E-state index in [0.717, 1.165) is 5.69 Å². The zero-order valence-corrected chi connectivity index (χ0v) is 17.2. The van der Waals surface area contributed by atoms with Crippen molar-refractivity contribution < 1.29 is 19.1 Å². The molecule has 27 heavy (non-hydrogen) atoms. The Morgan fingerprint density at radius 1 is 1.04 bits per heavy atom. The highest BCUT2D eigenvalue weighted by Gasteiger charge is 2.43. The fraction of sp³-hybridized carbons (Fsp3) is 0.619. The molecule has 1 N–H and O–H groups in total. The molecule has 1 aromatic carbocycles. The summed E-state index contributed by atoms with van der Waals surface area (Å²) in [5, 5.41) is 3.37. The summed E-state index contributed by atoms with van der Waals surface area (Å²) in [6.07, 6.45) is 0.0779. The zero-order valence-electron chi connectivity index (χ0n) is 17.2. The van der Waals surface area contributed by atoms with Crippen LogP contribution in [0.15, 0.2) is 30.3 Å². The normalized spacial score (nSPS) is 20.3. The SMILES string of the molecule is CC(C)(C)OC(=O)[C@@H]1C[C@H](CNc2ccccc2)CN1C(=O)OC(C)(C)C. The van der Waals surface area contributed by atoms with Crippen LogP contribution in [0.3, 0.4) is 0 Å². The van der Waals surface area contributed by atoms with Gasteiger partial charge in [-0.05, 0) is 66.0 Å². The van der Waals surface area contributed by atoms with E-state index >= 15 is 0 Å². The van der Waals surface area contributed by atoms with E-state index in [2.05, 4.69) is 5.32 Å². The lowest BCUT2D eigenvalue weighted by atomic mass is 10.1. The number of carbonyl (C=O) groups excluding carboxylic acids is 2. The number of hydrogen-bond acceptors (Lipinski definition) is 5. The van der Waals surface area contributed by atoms with Crippen LogP contribution in [0, 0.1) is 5.92 Å². The lowest BCUT2D eigenvalue weighted by Gasteiger charge is -2.29. The van der Waals surface area contributed by atoms with Crippen LogP contribution in [0.4, 0.5) is 10.5 Å². The van der Waals surface area contributed by atoms with Gasteiger partial charge in [-0.2, -0.15) is 0 Å². The summed E-state index contributed by atoms with van der Waals surface area (Å²) in [5.41, 5.74) is -0.200. The minimum Gasteiger partial charge on any atom is -0.458 e. The van der Waals surface area contributed by atoms with E-state index in [1.54, 1.807) is 0 Å². The van der Waals surface area contributed by atoms with Crippen LogP contribution < -0.4 is 5.32 Å². The maximum Gasteiger partial charge on any atom is 0.411 e. The first kappa shape index (κ1) is 21.1. The minimum absolute atomic E-state index is 0.134. The molecule has 0 unspecified atom stereocenters. The predicted molar refractivity (Wildman–Crippen MR) is 106 cm³/mol. The van der Waals surface area contributed by atoms with E-state index in [1.165, 1.54) is 4.90 Å². The first-order chi connectivity index (χ1) is 12.4. The van der Waals surface area contributed by atoms with E-state index in [-0.39, 0.29) is 11.9 Å². The van der Waals surface area contributed by atoms with Gasteiger partial charge in [0.1, 0.15) is 17.2 Å². The quantitative estimate of drug-likeness (QED) is 0.803. The molecule has 0 saturated carbocycles. The molecule has 1 aliphatic heterocycles. The molecule has 1 aromatic rings. The smallest absolute Gasteiger partial charge is 0.411 e. The highest BCUT2D eigenvalue weighted by atomic mass is 16.6. The van der Waals surface area contributed by atoms with Crippen LogP contribution in [0.1, 0.15) is 48.0 Å². The van der Waals surface area contributed by atoms with E-state index in [4.69, 9.17) is 9.47 Å². The first-order valence-corrected chi connectivity index (χ1v) is 9.46. The predicted octanol–water partition coefficient (Wildman–Crippen LogP) is 4.07. The summed E-state index contributed by atoms with van der Waals surface area (Å²) < 4.78 is 11.0. The van der Waals surface area contributed by atoms with Crippen molar-refractivity contribution >= 4 is 17.7 Å². The maximum atomic E-state index is 12.7. The fourth-order valence-electron chi connectivity index (χ4n) is 3.00. The molecule has 1 fully saturated rings. The monoisotopic (exact) mass is 376 g/mol. The fourth-order valence-corrected chi connectivity index (χ4v) is 3.00. The Morgan fingerprint density at radius 3 is 2.19 bits per heavy atom. The van der Waals surface area contributed by atoms with Gasteiger partial charge in [0.15, 0.2) is 0 Å². The van der Waals surface area contributed by atoms with Crippen molar-refractivity contribution in [2.45, 2.75) is 65.2 Å². The molecule has 1 heterocycles. The van der Waals surface area contributed by atoms with Crippen molar-refractivity contribution in [3.05, 3.63) is 30.3 Å². The second kappa shape index (κ2) is 8.19. The number of para-hydroxylation sites is 1. The molecular weight excluding hydrogens is 344 g/mol. The summed E-state index contributed by atoms with van der Waals surface area (Å²) in [5.74, 6) is -0.245. The molecule has 150 valence electrons. The van der Waals surface area contributed by atoms with Crippen molar-refractivity contribution in [2.24, 2.45) is 5.92 Å². The van der Waals surface area contributed by atoms with Crippen molar-refractivity contribution in [1.82, 2.24) is 4.90 Å². The van der Waals surface area contributed by atoms with Crippen molar-refractivity contribution in [2.75, 3.05) is 18.4 Å². The van der Waals surface area contributed by atoms with E-state index in [9.17, 15) is 9.59 Å². The number of anilines is 1. The lowest BCUT2D eigenvalue weighted by molar-refractivity contribution is -0.160. The van der Waals surface area contributed by atoms with Gasteiger partial charge < -0.3 is 14.8 Å². The molecule has 2 atom stereocenters. The Hall–Kier alpha value is -2.24. The maximum absolute atomic E-state index is 12.7. The van der Waals surface area contributed by atoms with Crippen LogP contribution in [0.2, 0.25) is 0 Å². The van der Waals surface area contributed by atoms with Gasteiger partial charge in [-0.25, -0.2) is 9.59 Å². The third kappa shape index (κ3) is 6.77. The molecule has 1 amide bonds. The highest BCUT2D eigenvalue weighted by Crippen LogP contribution is 2.28. The Balaban J connectivity index is 2.07. The van der Waals surface area contributed by atoms with Gasteiger partial charge in [0.2, 0.25) is 0 Å². The van der Waals surface area contributed by atoms with Gasteiger partial charge in [0, 0.05) is 18.8 Å². The molecule has 6 heteroatoms. The van der Waals surface area contributed by atoms with Crippen LogP contribution in [-0.4, -0.2) is 47.3 Å². The number of amides is 1. The Morgan fingerprint density at radius 2 is 1.63 bits per heavy atom. The summed E-state index contributed by atoms with van der Waals surface area (Å²) in [6.45, 7) is 12.1. The van der Waals surface area contributed by atoms with Crippen LogP contribution >= 0.6 is 0 Å². The third-order valence-corrected chi connectivity index (χ3v) is 4.06. The van der Waals surface area contributed by atoms with Gasteiger partial charge in [-0.1, -0.05) is 18.2 Å². The van der Waals surface area contributed by atoms with E-state index in [1.807, 2.05) is 71.9 Å². The van der Waals surface area contributed by atoms with Crippen molar-refractivity contribution in [3.8, 4) is 0 Å². The van der Waals surface area contributed by atoms with Gasteiger partial charge in [0.25, 0.3) is 0 Å². The molecule has 0 bridgehead atoms. The number of likely N-dealkylation sites (tertiary alicyclic amines) is 1. The van der Waals surface area contributed by atoms with Gasteiger partial charge in [-0.15, -0.1) is 0 Å². The topological polar surface area (TPSA) is 67.9 Å². The average molecular weight is 376 g/mol. The largest absolute Gasteiger partial charge is 0.458 e. The molecule has 2 rings (SSSR count). The lowest BCUT2D eigenvalue weighted by Crippen LogP contribution is -2.45. The first-order valence-electron chi connectivity index (χ1n) is 9.46. The van der Waals surface area contributed by atoms with Crippen LogP contribution in [-0.2, 0) is 14.3 Å². The molecule has 0 radical (unpaired) electrons. The number of benzene rings is 1. The van der Waals surface area contributed by atoms with E-state index in [0.29, 0.717) is 19.5 Å². The summed E-state index contributed by atoms with van der Waals surface area (Å²) in [4.78, 5) is 26.8. The highest BCUT2D eigenvalue weighted by molar-refractivity contribution is 5.82. The number of esters is 1. The second-order valence-electron chi connectivity index (χ2n) is 9.03. The third-order valence-electron chi connectivity index (χ3n) is 4.06. The van der Waals surface area contributed by atoms with Crippen LogP contribution in [0.5, 0.6) is 0 Å². The zero-order chi connectivity index (χ0) is 20.2. The van der Waals surface area contributed by atoms with E-state index < -0.39 is 23.3 Å². The molecule has 1 aliphatic rings. The Bertz CT molecular complexity index is 610. The molecule has 1 saturated heterocycles. The van der Waals surface area contributed by atoms with Crippen LogP contribution in [0.25, 0.3) is 0 Å². The summed E-state index contributed by atoms with van der Waals surface area (Å²) in [6, 6.07) is 9.25. The second-order valence-corrected chi connectivity index (χ2v) is 9.03. The molecule has 0 spiro atoms. The minimum atomic E-state index is -0.623. The molecule has 0 aliphatic carbocycles. The number of hydrogen-bond donors (Lipinski definition) is 1.